The van der Waals surface area contributed by atoms with Gasteiger partial charge in [-0.2, -0.15) is 0 Å². The fraction of sp³-hybridized carbons (Fsp3) is 0.200. The van der Waals surface area contributed by atoms with Crippen LogP contribution in [-0.4, -0.2) is 13.7 Å². The smallest absolute Gasteiger partial charge is 0.137 e. The maximum Gasteiger partial charge on any atom is 0.137 e. The maximum atomic E-state index is 5.74. The molecule has 2 N–H and O–H groups in total. The van der Waals surface area contributed by atoms with Crippen molar-refractivity contribution < 1.29 is 9.47 Å². The van der Waals surface area contributed by atoms with Crippen molar-refractivity contribution in [3.05, 3.63) is 42.0 Å². The number of ether oxygens (including phenoxy) is 2. The molecule has 0 saturated carbocycles. The molecule has 3 rings (SSSR count). The van der Waals surface area contributed by atoms with Gasteiger partial charge in [-0.05, 0) is 52.9 Å². The van der Waals surface area contributed by atoms with Gasteiger partial charge < -0.3 is 9.47 Å². The number of hydrogen-bond donors (Lipinski definition) is 1. The van der Waals surface area contributed by atoms with Crippen molar-refractivity contribution in [3.63, 3.8) is 0 Å². The highest BCUT2D eigenvalue weighted by atomic mass is 32.2. The third kappa shape index (κ3) is 2.29. The molecule has 4 heteroatoms. The van der Waals surface area contributed by atoms with Gasteiger partial charge in [-0.1, -0.05) is 12.1 Å². The summed E-state index contributed by atoms with van der Waals surface area (Å²) >= 11 is 1.24. The monoisotopic (exact) mass is 273 g/mol. The summed E-state index contributed by atoms with van der Waals surface area (Å²) in [6, 6.07) is 12.3. The zero-order chi connectivity index (χ0) is 13.2. The van der Waals surface area contributed by atoms with E-state index in [9.17, 15) is 0 Å². The second kappa shape index (κ2) is 5.15. The number of fused-ring (bicyclic) bond motifs is 1. The van der Waals surface area contributed by atoms with E-state index in [0.717, 1.165) is 40.5 Å². The van der Waals surface area contributed by atoms with Crippen molar-refractivity contribution in [1.29, 1.82) is 0 Å². The van der Waals surface area contributed by atoms with E-state index in [1.54, 1.807) is 7.11 Å². The second-order valence-corrected chi connectivity index (χ2v) is 5.09. The van der Waals surface area contributed by atoms with E-state index >= 15 is 0 Å². The SMILES string of the molecule is COc1cccc(-c2cc3c(c(SN)c2)OCC3)c1. The molecule has 0 aliphatic carbocycles. The van der Waals surface area contributed by atoms with Gasteiger partial charge in [0.25, 0.3) is 0 Å². The molecule has 3 nitrogen and oxygen atoms in total. The Morgan fingerprint density at radius 2 is 2.11 bits per heavy atom. The van der Waals surface area contributed by atoms with Gasteiger partial charge in [0.1, 0.15) is 11.5 Å². The van der Waals surface area contributed by atoms with E-state index in [4.69, 9.17) is 14.6 Å². The topological polar surface area (TPSA) is 44.5 Å². The molecule has 0 radical (unpaired) electrons. The summed E-state index contributed by atoms with van der Waals surface area (Å²) < 4.78 is 10.9. The first-order valence-electron chi connectivity index (χ1n) is 6.12. The van der Waals surface area contributed by atoms with Gasteiger partial charge in [0.15, 0.2) is 0 Å². The van der Waals surface area contributed by atoms with E-state index in [1.165, 1.54) is 17.5 Å². The molecule has 1 heterocycles. The van der Waals surface area contributed by atoms with Crippen LogP contribution in [0.4, 0.5) is 0 Å². The average molecular weight is 273 g/mol. The molecule has 98 valence electrons. The highest BCUT2D eigenvalue weighted by molar-refractivity contribution is 7.97. The normalized spacial score (nSPS) is 12.9. The molecule has 0 saturated heterocycles. The fourth-order valence-electron chi connectivity index (χ4n) is 2.33. The molecule has 2 aromatic carbocycles. The van der Waals surface area contributed by atoms with Gasteiger partial charge in [-0.15, -0.1) is 0 Å². The molecule has 19 heavy (non-hydrogen) atoms. The van der Waals surface area contributed by atoms with Crippen LogP contribution in [0.5, 0.6) is 11.5 Å². The van der Waals surface area contributed by atoms with Crippen molar-refractivity contribution in [3.8, 4) is 22.6 Å². The molecular formula is C15H15NO2S. The minimum absolute atomic E-state index is 0.741. The molecule has 0 amide bonds. The molecule has 0 fully saturated rings. The van der Waals surface area contributed by atoms with Crippen molar-refractivity contribution in [2.24, 2.45) is 5.14 Å². The molecule has 1 aliphatic heterocycles. The summed E-state index contributed by atoms with van der Waals surface area (Å²) in [6.07, 6.45) is 0.945. The molecule has 0 aromatic heterocycles. The first-order chi connectivity index (χ1) is 9.31. The predicted molar refractivity (Wildman–Crippen MR) is 77.7 cm³/mol. The fourth-order valence-corrected chi connectivity index (χ4v) is 2.82. The van der Waals surface area contributed by atoms with Gasteiger partial charge in [-0.3, -0.25) is 5.14 Å². The summed E-state index contributed by atoms with van der Waals surface area (Å²) in [5.41, 5.74) is 3.51. The van der Waals surface area contributed by atoms with Crippen LogP contribution in [0, 0.1) is 0 Å². The van der Waals surface area contributed by atoms with Gasteiger partial charge >= 0.3 is 0 Å². The largest absolute Gasteiger partial charge is 0.497 e. The summed E-state index contributed by atoms with van der Waals surface area (Å²) in [5, 5.41) is 5.74. The van der Waals surface area contributed by atoms with Crippen LogP contribution in [0.3, 0.4) is 0 Å². The number of rotatable bonds is 3. The van der Waals surface area contributed by atoms with E-state index in [1.807, 2.05) is 18.2 Å². The van der Waals surface area contributed by atoms with Gasteiger partial charge in [0.2, 0.25) is 0 Å². The molecule has 1 aliphatic rings. The minimum Gasteiger partial charge on any atom is -0.497 e. The Labute approximate surface area is 116 Å². The predicted octanol–water partition coefficient (Wildman–Crippen LogP) is 3.26. The molecule has 2 aromatic rings. The summed E-state index contributed by atoms with van der Waals surface area (Å²) in [5.74, 6) is 1.80. The van der Waals surface area contributed by atoms with Crippen LogP contribution >= 0.6 is 11.9 Å². The summed E-state index contributed by atoms with van der Waals surface area (Å²) in [4.78, 5) is 0.993. The lowest BCUT2D eigenvalue weighted by molar-refractivity contribution is 0.350. The molecule has 0 bridgehead atoms. The highest BCUT2D eigenvalue weighted by Crippen LogP contribution is 2.38. The second-order valence-electron chi connectivity index (χ2n) is 4.41. The number of hydrogen-bond acceptors (Lipinski definition) is 4. The maximum absolute atomic E-state index is 5.74. The third-order valence-electron chi connectivity index (χ3n) is 3.28. The third-order valence-corrected chi connectivity index (χ3v) is 3.84. The zero-order valence-electron chi connectivity index (χ0n) is 10.7. The standard InChI is InChI=1S/C15H15NO2S/c1-17-13-4-2-3-10(8-13)12-7-11-5-6-18-15(11)14(9-12)19-16/h2-4,7-9H,5-6,16H2,1H3. The highest BCUT2D eigenvalue weighted by Gasteiger charge is 2.18. The van der Waals surface area contributed by atoms with Crippen LogP contribution in [0.2, 0.25) is 0 Å². The van der Waals surface area contributed by atoms with Crippen molar-refractivity contribution >= 4 is 11.9 Å². The lowest BCUT2D eigenvalue weighted by Crippen LogP contribution is -1.90. The molecule has 0 spiro atoms. The average Bonchev–Trinajstić information content (AvgIpc) is 2.94. The Hall–Kier alpha value is -1.65. The Balaban J connectivity index is 2.10. The van der Waals surface area contributed by atoms with Crippen molar-refractivity contribution in [2.75, 3.05) is 13.7 Å². The first kappa shape index (κ1) is 12.4. The zero-order valence-corrected chi connectivity index (χ0v) is 11.5. The summed E-state index contributed by atoms with van der Waals surface area (Å²) in [7, 11) is 1.68. The van der Waals surface area contributed by atoms with E-state index in [0.29, 0.717) is 0 Å². The van der Waals surface area contributed by atoms with Crippen molar-refractivity contribution in [1.82, 2.24) is 0 Å². The van der Waals surface area contributed by atoms with E-state index < -0.39 is 0 Å². The molecule has 0 unspecified atom stereocenters. The minimum atomic E-state index is 0.741. The Bertz CT molecular complexity index is 613. The summed E-state index contributed by atoms with van der Waals surface area (Å²) in [6.45, 7) is 0.741. The Morgan fingerprint density at radius 3 is 2.89 bits per heavy atom. The molecule has 0 atom stereocenters. The van der Waals surface area contributed by atoms with E-state index in [-0.39, 0.29) is 0 Å². The number of methoxy groups -OCH3 is 1. The van der Waals surface area contributed by atoms with Crippen LogP contribution in [0.15, 0.2) is 41.3 Å². The van der Waals surface area contributed by atoms with Crippen LogP contribution < -0.4 is 14.6 Å². The number of nitrogens with two attached hydrogens (primary N) is 1. The van der Waals surface area contributed by atoms with Crippen molar-refractivity contribution in [2.45, 2.75) is 11.3 Å². The van der Waals surface area contributed by atoms with Gasteiger partial charge in [0, 0.05) is 6.42 Å². The first-order valence-corrected chi connectivity index (χ1v) is 7.00. The Kier molecular flexibility index (Phi) is 3.36. The lowest BCUT2D eigenvalue weighted by atomic mass is 10.0. The van der Waals surface area contributed by atoms with Gasteiger partial charge in [-0.25, -0.2) is 0 Å². The van der Waals surface area contributed by atoms with Crippen LogP contribution in [0.1, 0.15) is 5.56 Å². The number of benzene rings is 2. The molecular weight excluding hydrogens is 258 g/mol. The van der Waals surface area contributed by atoms with Crippen LogP contribution in [0.25, 0.3) is 11.1 Å². The Morgan fingerprint density at radius 1 is 1.21 bits per heavy atom. The lowest BCUT2D eigenvalue weighted by Gasteiger charge is -2.10. The van der Waals surface area contributed by atoms with Crippen LogP contribution in [-0.2, 0) is 6.42 Å². The quantitative estimate of drug-likeness (QED) is 0.872. The van der Waals surface area contributed by atoms with E-state index in [2.05, 4.69) is 18.2 Å². The van der Waals surface area contributed by atoms with Gasteiger partial charge in [0.05, 0.1) is 18.6 Å².